The topological polar surface area (TPSA) is 55.6 Å². The average Bonchev–Trinajstić information content (AvgIpc) is 2.89. The molecule has 1 aliphatic rings. The first-order valence-electron chi connectivity index (χ1n) is 7.22. The van der Waals surface area contributed by atoms with Crippen LogP contribution in [0.5, 0.6) is 0 Å². The predicted molar refractivity (Wildman–Crippen MR) is 83.0 cm³/mol. The van der Waals surface area contributed by atoms with Gasteiger partial charge in [0, 0.05) is 24.8 Å². The summed E-state index contributed by atoms with van der Waals surface area (Å²) in [4.78, 5) is 14.4. The van der Waals surface area contributed by atoms with Gasteiger partial charge in [-0.25, -0.2) is 0 Å². The van der Waals surface area contributed by atoms with Crippen molar-refractivity contribution in [2.45, 2.75) is 32.4 Å². The van der Waals surface area contributed by atoms with E-state index in [1.54, 1.807) is 4.90 Å². The van der Waals surface area contributed by atoms with Crippen molar-refractivity contribution in [3.63, 3.8) is 0 Å². The number of hydrogen-bond donors (Lipinski definition) is 1. The normalized spacial score (nSPS) is 20.8. The van der Waals surface area contributed by atoms with Crippen LogP contribution in [0.15, 0.2) is 18.2 Å². The second kappa shape index (κ2) is 6.75. The zero-order valence-corrected chi connectivity index (χ0v) is 12.8. The van der Waals surface area contributed by atoms with Crippen LogP contribution in [0.1, 0.15) is 34.8 Å². The van der Waals surface area contributed by atoms with E-state index < -0.39 is 0 Å². The number of nitrogens with two attached hydrogens (primary N) is 1. The summed E-state index contributed by atoms with van der Waals surface area (Å²) in [6.45, 7) is 5.00. The van der Waals surface area contributed by atoms with Crippen LogP contribution in [-0.2, 0) is 4.74 Å². The molecule has 1 saturated heterocycles. The lowest BCUT2D eigenvalue weighted by molar-refractivity contribution is 0.0574. The van der Waals surface area contributed by atoms with Gasteiger partial charge in [-0.1, -0.05) is 11.8 Å². The molecule has 1 amide bonds. The molecule has 0 aliphatic carbocycles. The molecule has 2 atom stereocenters. The van der Waals surface area contributed by atoms with Gasteiger partial charge in [0.2, 0.25) is 0 Å². The second-order valence-electron chi connectivity index (χ2n) is 5.44. The number of hydrogen-bond acceptors (Lipinski definition) is 3. The van der Waals surface area contributed by atoms with E-state index in [4.69, 9.17) is 10.5 Å². The van der Waals surface area contributed by atoms with E-state index in [9.17, 15) is 4.79 Å². The van der Waals surface area contributed by atoms with E-state index in [-0.39, 0.29) is 18.1 Å². The highest BCUT2D eigenvalue weighted by atomic mass is 16.5. The number of carbonyl (C=O) groups excluding carboxylic acids is 1. The molecule has 1 aliphatic heterocycles. The van der Waals surface area contributed by atoms with Crippen molar-refractivity contribution < 1.29 is 9.53 Å². The van der Waals surface area contributed by atoms with Crippen molar-refractivity contribution in [2.24, 2.45) is 5.73 Å². The third kappa shape index (κ3) is 3.63. The van der Waals surface area contributed by atoms with Crippen LogP contribution < -0.4 is 5.73 Å². The Morgan fingerprint density at radius 3 is 2.86 bits per heavy atom. The second-order valence-corrected chi connectivity index (χ2v) is 5.44. The maximum Gasteiger partial charge on any atom is 0.253 e. The van der Waals surface area contributed by atoms with Gasteiger partial charge in [0.15, 0.2) is 0 Å². The Labute approximate surface area is 126 Å². The SMILES string of the molecule is Cc1cc(C#CCN)cc(C(=O)N(C)C2CCOC2C)c1. The number of aryl methyl sites for hydroxylation is 1. The fourth-order valence-electron chi connectivity index (χ4n) is 2.72. The molecule has 0 aromatic heterocycles. The molecule has 0 spiro atoms. The summed E-state index contributed by atoms with van der Waals surface area (Å²) in [5, 5.41) is 0. The van der Waals surface area contributed by atoms with Crippen molar-refractivity contribution >= 4 is 5.91 Å². The van der Waals surface area contributed by atoms with Gasteiger partial charge < -0.3 is 15.4 Å². The quantitative estimate of drug-likeness (QED) is 0.839. The molecular weight excluding hydrogens is 264 g/mol. The van der Waals surface area contributed by atoms with Crippen LogP contribution in [0, 0.1) is 18.8 Å². The van der Waals surface area contributed by atoms with Gasteiger partial charge in [-0.2, -0.15) is 0 Å². The predicted octanol–water partition coefficient (Wildman–Crippen LogP) is 1.55. The Morgan fingerprint density at radius 1 is 1.48 bits per heavy atom. The van der Waals surface area contributed by atoms with E-state index in [1.807, 2.05) is 39.1 Å². The van der Waals surface area contributed by atoms with Gasteiger partial charge in [-0.15, -0.1) is 0 Å². The number of carbonyl (C=O) groups is 1. The van der Waals surface area contributed by atoms with Gasteiger partial charge >= 0.3 is 0 Å². The van der Waals surface area contributed by atoms with Crippen LogP contribution in [0.25, 0.3) is 0 Å². The summed E-state index contributed by atoms with van der Waals surface area (Å²) < 4.78 is 5.54. The smallest absolute Gasteiger partial charge is 0.253 e. The zero-order valence-electron chi connectivity index (χ0n) is 12.8. The fourth-order valence-corrected chi connectivity index (χ4v) is 2.72. The van der Waals surface area contributed by atoms with E-state index in [2.05, 4.69) is 11.8 Å². The Bertz CT molecular complexity index is 586. The first-order valence-corrected chi connectivity index (χ1v) is 7.22. The minimum atomic E-state index is 0.0110. The molecule has 2 rings (SSSR count). The molecule has 4 heteroatoms. The summed E-state index contributed by atoms with van der Waals surface area (Å²) in [5.41, 5.74) is 7.91. The fraction of sp³-hybridized carbons (Fsp3) is 0.471. The van der Waals surface area contributed by atoms with Crippen LogP contribution in [-0.4, -0.2) is 43.2 Å². The molecule has 2 N–H and O–H groups in total. The minimum Gasteiger partial charge on any atom is -0.376 e. The van der Waals surface area contributed by atoms with Crippen molar-refractivity contribution in [1.82, 2.24) is 4.90 Å². The molecule has 0 radical (unpaired) electrons. The van der Waals surface area contributed by atoms with Crippen LogP contribution in [0.3, 0.4) is 0 Å². The van der Waals surface area contributed by atoms with Crippen LogP contribution in [0.4, 0.5) is 0 Å². The molecule has 2 unspecified atom stereocenters. The van der Waals surface area contributed by atoms with E-state index in [0.717, 1.165) is 17.5 Å². The molecule has 4 nitrogen and oxygen atoms in total. The summed E-state index contributed by atoms with van der Waals surface area (Å²) in [5.74, 6) is 5.82. The lowest BCUT2D eigenvalue weighted by Gasteiger charge is -2.27. The van der Waals surface area contributed by atoms with Gasteiger partial charge in [-0.05, 0) is 44.0 Å². The van der Waals surface area contributed by atoms with Gasteiger partial charge in [0.25, 0.3) is 5.91 Å². The summed E-state index contributed by atoms with van der Waals surface area (Å²) in [6.07, 6.45) is 0.968. The Balaban J connectivity index is 2.24. The highest BCUT2D eigenvalue weighted by molar-refractivity contribution is 5.95. The summed E-state index contributed by atoms with van der Waals surface area (Å²) in [7, 11) is 1.84. The molecule has 1 heterocycles. The monoisotopic (exact) mass is 286 g/mol. The number of rotatable bonds is 2. The molecule has 21 heavy (non-hydrogen) atoms. The summed E-state index contributed by atoms with van der Waals surface area (Å²) >= 11 is 0. The largest absolute Gasteiger partial charge is 0.376 e. The van der Waals surface area contributed by atoms with Crippen molar-refractivity contribution in [3.05, 3.63) is 34.9 Å². The first kappa shape index (κ1) is 15.6. The lowest BCUT2D eigenvalue weighted by Crippen LogP contribution is -2.41. The Hall–Kier alpha value is -1.83. The lowest BCUT2D eigenvalue weighted by atomic mass is 10.0. The Morgan fingerprint density at radius 2 is 2.24 bits per heavy atom. The zero-order chi connectivity index (χ0) is 15.4. The van der Waals surface area contributed by atoms with Crippen molar-refractivity contribution in [1.29, 1.82) is 0 Å². The molecule has 0 saturated carbocycles. The van der Waals surface area contributed by atoms with Crippen LogP contribution in [0.2, 0.25) is 0 Å². The van der Waals surface area contributed by atoms with Gasteiger partial charge in [0.1, 0.15) is 0 Å². The number of likely N-dealkylation sites (N-methyl/N-ethyl adjacent to an activating group) is 1. The average molecular weight is 286 g/mol. The highest BCUT2D eigenvalue weighted by Crippen LogP contribution is 2.21. The Kier molecular flexibility index (Phi) is 5.00. The standard InChI is InChI=1S/C17H22N2O2/c1-12-9-14(5-4-7-18)11-15(10-12)17(20)19(3)16-6-8-21-13(16)2/h9-11,13,16H,6-8,18H2,1-3H3. The van der Waals surface area contributed by atoms with Gasteiger partial charge in [-0.3, -0.25) is 4.79 Å². The van der Waals surface area contributed by atoms with Crippen molar-refractivity contribution in [3.8, 4) is 11.8 Å². The molecule has 112 valence electrons. The molecular formula is C17H22N2O2. The maximum atomic E-state index is 12.7. The van der Waals surface area contributed by atoms with Gasteiger partial charge in [0.05, 0.1) is 18.7 Å². The van der Waals surface area contributed by atoms with E-state index >= 15 is 0 Å². The number of amides is 1. The molecule has 1 fully saturated rings. The number of nitrogens with zero attached hydrogens (tertiary/aromatic N) is 1. The summed E-state index contributed by atoms with van der Waals surface area (Å²) in [6, 6.07) is 5.82. The van der Waals surface area contributed by atoms with E-state index in [0.29, 0.717) is 18.7 Å². The molecule has 0 bridgehead atoms. The van der Waals surface area contributed by atoms with E-state index in [1.165, 1.54) is 0 Å². The van der Waals surface area contributed by atoms with Crippen molar-refractivity contribution in [2.75, 3.05) is 20.2 Å². The number of ether oxygens (including phenoxy) is 1. The maximum absolute atomic E-state index is 12.7. The third-order valence-corrected chi connectivity index (χ3v) is 3.81. The van der Waals surface area contributed by atoms with Crippen LogP contribution >= 0.6 is 0 Å². The molecule has 1 aromatic rings. The third-order valence-electron chi connectivity index (χ3n) is 3.81. The number of benzene rings is 1. The molecule has 1 aromatic carbocycles. The minimum absolute atomic E-state index is 0.0110. The first-order chi connectivity index (χ1) is 10.0. The highest BCUT2D eigenvalue weighted by Gasteiger charge is 2.31.